The molecule has 20 heavy (non-hydrogen) atoms. The lowest BCUT2D eigenvalue weighted by atomic mass is 9.84. The Morgan fingerprint density at radius 2 is 2.05 bits per heavy atom. The fraction of sp³-hybridized carbons (Fsp3) is 0.500. The number of nitrogen functional groups attached to an aromatic ring is 1. The van der Waals surface area contributed by atoms with E-state index in [1.807, 2.05) is 0 Å². The topological polar surface area (TPSA) is 105 Å². The van der Waals surface area contributed by atoms with Gasteiger partial charge in [0.15, 0.2) is 0 Å². The second-order valence-electron chi connectivity index (χ2n) is 5.67. The molecule has 4 atom stereocenters. The predicted octanol–water partition coefficient (Wildman–Crippen LogP) is 0.893. The molecule has 1 aromatic rings. The zero-order valence-electron chi connectivity index (χ0n) is 11.0. The summed E-state index contributed by atoms with van der Waals surface area (Å²) < 4.78 is 0. The molecule has 0 radical (unpaired) electrons. The van der Waals surface area contributed by atoms with Gasteiger partial charge in [-0.25, -0.2) is 4.98 Å². The average Bonchev–Trinajstić information content (AvgIpc) is 3.00. The van der Waals surface area contributed by atoms with E-state index in [2.05, 4.69) is 10.3 Å². The smallest absolute Gasteiger partial charge is 0.308 e. The van der Waals surface area contributed by atoms with Gasteiger partial charge in [0.2, 0.25) is 0 Å². The SMILES string of the molecule is Nc1ccc(C(=O)NC2C3CCC(C3)C2C(=O)O)nc1. The highest BCUT2D eigenvalue weighted by atomic mass is 16.4. The van der Waals surface area contributed by atoms with E-state index in [4.69, 9.17) is 5.73 Å². The molecule has 0 aliphatic heterocycles. The molecular formula is C14H17N3O3. The number of carbonyl (C=O) groups excluding carboxylic acids is 1. The highest BCUT2D eigenvalue weighted by Crippen LogP contribution is 2.48. The monoisotopic (exact) mass is 275 g/mol. The third kappa shape index (κ3) is 2.11. The first-order valence-electron chi connectivity index (χ1n) is 6.81. The third-order valence-electron chi connectivity index (χ3n) is 4.52. The summed E-state index contributed by atoms with van der Waals surface area (Å²) in [7, 11) is 0. The van der Waals surface area contributed by atoms with Gasteiger partial charge in [-0.3, -0.25) is 9.59 Å². The van der Waals surface area contributed by atoms with Crippen molar-refractivity contribution in [2.75, 3.05) is 5.73 Å². The van der Waals surface area contributed by atoms with Crippen LogP contribution in [-0.4, -0.2) is 28.0 Å². The number of amides is 1. The molecule has 106 valence electrons. The average molecular weight is 275 g/mol. The van der Waals surface area contributed by atoms with Crippen molar-refractivity contribution in [3.05, 3.63) is 24.0 Å². The minimum Gasteiger partial charge on any atom is -0.481 e. The number of aliphatic carboxylic acids is 1. The summed E-state index contributed by atoms with van der Waals surface area (Å²) in [6, 6.07) is 2.88. The van der Waals surface area contributed by atoms with Gasteiger partial charge in [0.25, 0.3) is 5.91 Å². The quantitative estimate of drug-likeness (QED) is 0.759. The number of pyridine rings is 1. The van der Waals surface area contributed by atoms with Crippen molar-refractivity contribution in [2.24, 2.45) is 17.8 Å². The van der Waals surface area contributed by atoms with E-state index in [0.717, 1.165) is 19.3 Å². The van der Waals surface area contributed by atoms with E-state index in [9.17, 15) is 14.7 Å². The maximum Gasteiger partial charge on any atom is 0.308 e. The summed E-state index contributed by atoms with van der Waals surface area (Å²) in [5.74, 6) is -1.13. The van der Waals surface area contributed by atoms with Crippen LogP contribution in [0.15, 0.2) is 18.3 Å². The van der Waals surface area contributed by atoms with E-state index < -0.39 is 11.9 Å². The van der Waals surface area contributed by atoms with Crippen LogP contribution in [0, 0.1) is 17.8 Å². The lowest BCUT2D eigenvalue weighted by Crippen LogP contribution is -2.47. The van der Waals surface area contributed by atoms with E-state index in [1.54, 1.807) is 12.1 Å². The second-order valence-corrected chi connectivity index (χ2v) is 5.67. The predicted molar refractivity (Wildman–Crippen MR) is 71.9 cm³/mol. The first kappa shape index (κ1) is 12.9. The third-order valence-corrected chi connectivity index (χ3v) is 4.52. The fourth-order valence-electron chi connectivity index (χ4n) is 3.62. The Morgan fingerprint density at radius 3 is 2.70 bits per heavy atom. The summed E-state index contributed by atoms with van der Waals surface area (Å²) in [5.41, 5.74) is 6.29. The molecule has 4 unspecified atom stereocenters. The number of hydrogen-bond donors (Lipinski definition) is 3. The van der Waals surface area contributed by atoms with Crippen LogP contribution in [0.1, 0.15) is 29.8 Å². The molecule has 3 rings (SSSR count). The Labute approximate surface area is 116 Å². The molecule has 6 nitrogen and oxygen atoms in total. The molecule has 1 amide bonds. The minimum atomic E-state index is -0.812. The largest absolute Gasteiger partial charge is 0.481 e. The molecule has 2 saturated carbocycles. The molecule has 6 heteroatoms. The molecule has 1 heterocycles. The second kappa shape index (κ2) is 4.77. The van der Waals surface area contributed by atoms with Gasteiger partial charge in [-0.05, 0) is 43.2 Å². The van der Waals surface area contributed by atoms with Gasteiger partial charge in [0.05, 0.1) is 17.8 Å². The zero-order chi connectivity index (χ0) is 14.3. The number of nitrogens with two attached hydrogens (primary N) is 1. The summed E-state index contributed by atoms with van der Waals surface area (Å²) in [6.45, 7) is 0. The van der Waals surface area contributed by atoms with Crippen LogP contribution < -0.4 is 11.1 Å². The Balaban J connectivity index is 1.75. The standard InChI is InChI=1S/C14H17N3O3/c15-9-3-4-10(16-6-9)13(18)17-12-8-2-1-7(5-8)11(12)14(19)20/h3-4,6-8,11-12H,1-2,5,15H2,(H,17,18)(H,19,20). The van der Waals surface area contributed by atoms with Crippen LogP contribution in [0.25, 0.3) is 0 Å². The molecule has 2 bridgehead atoms. The zero-order valence-corrected chi connectivity index (χ0v) is 11.0. The van der Waals surface area contributed by atoms with Crippen LogP contribution in [0.5, 0.6) is 0 Å². The lowest BCUT2D eigenvalue weighted by Gasteiger charge is -2.28. The van der Waals surface area contributed by atoms with Crippen molar-refractivity contribution in [2.45, 2.75) is 25.3 Å². The highest BCUT2D eigenvalue weighted by molar-refractivity contribution is 5.93. The van der Waals surface area contributed by atoms with Gasteiger partial charge < -0.3 is 16.2 Å². The summed E-state index contributed by atoms with van der Waals surface area (Å²) in [5, 5.41) is 12.2. The minimum absolute atomic E-state index is 0.196. The van der Waals surface area contributed by atoms with Gasteiger partial charge in [-0.15, -0.1) is 0 Å². The van der Waals surface area contributed by atoms with Crippen molar-refractivity contribution in [3.8, 4) is 0 Å². The van der Waals surface area contributed by atoms with Gasteiger partial charge >= 0.3 is 5.97 Å². The fourth-order valence-corrected chi connectivity index (χ4v) is 3.62. The van der Waals surface area contributed by atoms with E-state index >= 15 is 0 Å². The number of carbonyl (C=O) groups is 2. The number of rotatable bonds is 3. The van der Waals surface area contributed by atoms with E-state index in [0.29, 0.717) is 5.69 Å². The maximum absolute atomic E-state index is 12.1. The number of fused-ring (bicyclic) bond motifs is 2. The van der Waals surface area contributed by atoms with Crippen molar-refractivity contribution in [3.63, 3.8) is 0 Å². The molecule has 0 aromatic carbocycles. The molecule has 1 aromatic heterocycles. The van der Waals surface area contributed by atoms with E-state index in [-0.39, 0.29) is 29.5 Å². The summed E-state index contributed by atoms with van der Waals surface area (Å²) in [4.78, 5) is 27.5. The van der Waals surface area contributed by atoms with Gasteiger partial charge in [-0.1, -0.05) is 0 Å². The maximum atomic E-state index is 12.1. The number of anilines is 1. The number of nitrogens with one attached hydrogen (secondary N) is 1. The Hall–Kier alpha value is -2.11. The number of hydrogen-bond acceptors (Lipinski definition) is 4. The van der Waals surface area contributed by atoms with Crippen LogP contribution in [-0.2, 0) is 4.79 Å². The van der Waals surface area contributed by atoms with Crippen molar-refractivity contribution >= 4 is 17.6 Å². The van der Waals surface area contributed by atoms with Gasteiger partial charge in [-0.2, -0.15) is 0 Å². The van der Waals surface area contributed by atoms with Gasteiger partial charge in [0, 0.05) is 6.04 Å². The number of carboxylic acids is 1. The summed E-state index contributed by atoms with van der Waals surface area (Å²) in [6.07, 6.45) is 4.27. The Kier molecular flexibility index (Phi) is 3.08. The molecule has 2 aliphatic carbocycles. The molecule has 2 fully saturated rings. The van der Waals surface area contributed by atoms with Crippen molar-refractivity contribution < 1.29 is 14.7 Å². The summed E-state index contributed by atoms with van der Waals surface area (Å²) >= 11 is 0. The van der Waals surface area contributed by atoms with Crippen LogP contribution in [0.2, 0.25) is 0 Å². The highest BCUT2D eigenvalue weighted by Gasteiger charge is 2.51. The Morgan fingerprint density at radius 1 is 1.30 bits per heavy atom. The first-order valence-corrected chi connectivity index (χ1v) is 6.81. The van der Waals surface area contributed by atoms with Crippen molar-refractivity contribution in [1.82, 2.24) is 10.3 Å². The number of aromatic nitrogens is 1. The molecule has 0 spiro atoms. The lowest BCUT2D eigenvalue weighted by molar-refractivity contribution is -0.144. The Bertz CT molecular complexity index is 543. The first-order chi connectivity index (χ1) is 9.56. The molecule has 4 N–H and O–H groups in total. The molecule has 2 aliphatic rings. The number of carboxylic acid groups (broad SMARTS) is 1. The normalized spacial score (nSPS) is 31.2. The number of nitrogens with zero attached hydrogens (tertiary/aromatic N) is 1. The van der Waals surface area contributed by atoms with Crippen LogP contribution in [0.3, 0.4) is 0 Å². The molecule has 0 saturated heterocycles. The van der Waals surface area contributed by atoms with E-state index in [1.165, 1.54) is 6.20 Å². The van der Waals surface area contributed by atoms with Gasteiger partial charge in [0.1, 0.15) is 5.69 Å². The van der Waals surface area contributed by atoms with Crippen LogP contribution in [0.4, 0.5) is 5.69 Å². The van der Waals surface area contributed by atoms with Crippen LogP contribution >= 0.6 is 0 Å². The molecular weight excluding hydrogens is 258 g/mol. The van der Waals surface area contributed by atoms with Crippen molar-refractivity contribution in [1.29, 1.82) is 0 Å².